The predicted molar refractivity (Wildman–Crippen MR) is 128 cm³/mol. The van der Waals surface area contributed by atoms with Crippen molar-refractivity contribution < 1.29 is 44.1 Å². The van der Waals surface area contributed by atoms with Crippen molar-refractivity contribution in [2.24, 2.45) is 11.5 Å². The fourth-order valence-corrected chi connectivity index (χ4v) is 3.19. The van der Waals surface area contributed by atoms with Gasteiger partial charge in [0.15, 0.2) is 0 Å². The minimum absolute atomic E-state index is 0.0347. The molecule has 0 fully saturated rings. The number of primary amides is 1. The number of amides is 4. The van der Waals surface area contributed by atoms with Crippen molar-refractivity contribution in [1.29, 1.82) is 0 Å². The zero-order chi connectivity index (χ0) is 27.4. The Kier molecular flexibility index (Phi) is 12.2. The van der Waals surface area contributed by atoms with Crippen molar-refractivity contribution in [3.63, 3.8) is 0 Å². The van der Waals surface area contributed by atoms with E-state index in [2.05, 4.69) is 28.6 Å². The summed E-state index contributed by atoms with van der Waals surface area (Å²) in [4.78, 5) is 71.3. The quantitative estimate of drug-likeness (QED) is 0.108. The molecule has 0 aliphatic heterocycles. The predicted octanol–water partition coefficient (Wildman–Crippen LogP) is -2.53. The number of benzene rings is 1. The summed E-state index contributed by atoms with van der Waals surface area (Å²) in [5.41, 5.74) is 11.0. The van der Waals surface area contributed by atoms with Gasteiger partial charge >= 0.3 is 11.9 Å². The van der Waals surface area contributed by atoms with Gasteiger partial charge in [-0.25, -0.2) is 4.79 Å². The molecule has 4 unspecified atom stereocenters. The Morgan fingerprint density at radius 2 is 1.39 bits per heavy atom. The molecule has 198 valence electrons. The minimum Gasteiger partial charge on any atom is -0.508 e. The molecule has 0 aromatic heterocycles. The molecule has 0 saturated carbocycles. The molecule has 4 atom stereocenters. The number of phenols is 1. The maximum atomic E-state index is 12.8. The summed E-state index contributed by atoms with van der Waals surface area (Å²) in [5, 5.41) is 34.7. The molecule has 4 amide bonds. The van der Waals surface area contributed by atoms with Gasteiger partial charge < -0.3 is 42.7 Å². The van der Waals surface area contributed by atoms with Gasteiger partial charge in [0.1, 0.15) is 23.9 Å². The topological polar surface area (TPSA) is 251 Å². The first-order valence-corrected chi connectivity index (χ1v) is 11.3. The van der Waals surface area contributed by atoms with Crippen LogP contribution in [-0.4, -0.2) is 80.8 Å². The molecule has 0 aliphatic carbocycles. The summed E-state index contributed by atoms with van der Waals surface area (Å²) in [6, 6.07) is 0.0634. The highest BCUT2D eigenvalue weighted by Gasteiger charge is 2.30. The lowest BCUT2D eigenvalue weighted by Crippen LogP contribution is -2.58. The summed E-state index contributed by atoms with van der Waals surface area (Å²) >= 11 is 3.97. The fourth-order valence-electron chi connectivity index (χ4n) is 2.93. The van der Waals surface area contributed by atoms with Gasteiger partial charge in [-0.1, -0.05) is 12.1 Å². The zero-order valence-corrected chi connectivity index (χ0v) is 19.9. The Balaban J connectivity index is 2.95. The van der Waals surface area contributed by atoms with E-state index < -0.39 is 72.6 Å². The average Bonchev–Trinajstić information content (AvgIpc) is 2.79. The molecule has 15 heteroatoms. The van der Waals surface area contributed by atoms with Gasteiger partial charge in [-0.3, -0.25) is 24.0 Å². The molecule has 14 nitrogen and oxygen atoms in total. The van der Waals surface area contributed by atoms with E-state index in [1.54, 1.807) is 0 Å². The lowest BCUT2D eigenvalue weighted by Gasteiger charge is -2.24. The SMILES string of the molecule is NC(=O)CC(N)C(=O)NC(CS)C(=O)NC(CCC(=O)O)C(=O)NC(Cc1ccc(O)cc1)C(=O)O. The van der Waals surface area contributed by atoms with E-state index in [0.29, 0.717) is 5.56 Å². The number of carboxylic acids is 2. The summed E-state index contributed by atoms with van der Waals surface area (Å²) in [7, 11) is 0. The minimum atomic E-state index is -1.46. The van der Waals surface area contributed by atoms with Crippen LogP contribution in [0.15, 0.2) is 24.3 Å². The van der Waals surface area contributed by atoms with E-state index in [0.717, 1.165) is 0 Å². The molecule has 0 spiro atoms. The molecule has 0 bridgehead atoms. The Labute approximate surface area is 211 Å². The third-order valence-corrected chi connectivity index (χ3v) is 5.21. The normalized spacial score (nSPS) is 13.9. The van der Waals surface area contributed by atoms with Gasteiger partial charge in [0.05, 0.1) is 12.5 Å². The van der Waals surface area contributed by atoms with Gasteiger partial charge in [0, 0.05) is 18.6 Å². The third-order valence-electron chi connectivity index (χ3n) is 4.84. The largest absolute Gasteiger partial charge is 0.508 e. The average molecular weight is 528 g/mol. The fraction of sp³-hybridized carbons (Fsp3) is 0.429. The van der Waals surface area contributed by atoms with E-state index in [-0.39, 0.29) is 24.3 Å². The maximum absolute atomic E-state index is 12.8. The second-order valence-corrected chi connectivity index (χ2v) is 8.15. The monoisotopic (exact) mass is 527 g/mol. The number of nitrogens with two attached hydrogens (primary N) is 2. The van der Waals surface area contributed by atoms with Crippen molar-refractivity contribution >= 4 is 48.2 Å². The highest BCUT2D eigenvalue weighted by atomic mass is 32.1. The molecule has 1 rings (SSSR count). The number of rotatable bonds is 15. The standard InChI is InChI=1S/C21H29N5O9S/c22-12(8-16(23)28)18(31)26-15(9-36)20(33)24-13(5-6-17(29)30)19(32)25-14(21(34)35)7-10-1-3-11(27)4-2-10/h1-4,12-15,27,36H,5-9,22H2,(H2,23,28)(H,24,33)(H,25,32)(H,26,31)(H,29,30)(H,34,35). The van der Waals surface area contributed by atoms with Crippen molar-refractivity contribution in [3.05, 3.63) is 29.8 Å². The first kappa shape index (κ1) is 30.2. The number of hydrogen-bond acceptors (Lipinski definition) is 9. The van der Waals surface area contributed by atoms with Gasteiger partial charge in [0.2, 0.25) is 23.6 Å². The van der Waals surface area contributed by atoms with Crippen LogP contribution in [0.4, 0.5) is 0 Å². The smallest absolute Gasteiger partial charge is 0.326 e. The Morgan fingerprint density at radius 1 is 0.861 bits per heavy atom. The van der Waals surface area contributed by atoms with Crippen LogP contribution < -0.4 is 27.4 Å². The molecule has 1 aromatic rings. The van der Waals surface area contributed by atoms with Crippen molar-refractivity contribution in [1.82, 2.24) is 16.0 Å². The number of aliphatic carboxylic acids is 2. The van der Waals surface area contributed by atoms with Gasteiger partial charge in [-0.05, 0) is 24.1 Å². The summed E-state index contributed by atoms with van der Waals surface area (Å²) in [6.07, 6.45) is -1.55. The molecular formula is C21H29N5O9S. The van der Waals surface area contributed by atoms with Crippen molar-refractivity contribution in [2.45, 2.75) is 49.9 Å². The van der Waals surface area contributed by atoms with Gasteiger partial charge in [0.25, 0.3) is 0 Å². The molecule has 0 aliphatic rings. The second-order valence-electron chi connectivity index (χ2n) is 7.78. The first-order valence-electron chi connectivity index (χ1n) is 10.6. The lowest BCUT2D eigenvalue weighted by molar-refractivity contribution is -0.143. The van der Waals surface area contributed by atoms with Crippen LogP contribution in [-0.2, 0) is 35.2 Å². The molecule has 0 heterocycles. The summed E-state index contributed by atoms with van der Waals surface area (Å²) in [6.45, 7) is 0. The van der Waals surface area contributed by atoms with Crippen molar-refractivity contribution in [2.75, 3.05) is 5.75 Å². The summed E-state index contributed by atoms with van der Waals surface area (Å²) < 4.78 is 0. The Bertz CT molecular complexity index is 973. The van der Waals surface area contributed by atoms with E-state index in [1.165, 1.54) is 24.3 Å². The van der Waals surface area contributed by atoms with Crippen LogP contribution in [0.1, 0.15) is 24.8 Å². The highest BCUT2D eigenvalue weighted by Crippen LogP contribution is 2.12. The molecule has 36 heavy (non-hydrogen) atoms. The van der Waals surface area contributed by atoms with E-state index in [4.69, 9.17) is 16.6 Å². The molecule has 0 radical (unpaired) electrons. The number of phenolic OH excluding ortho intramolecular Hbond substituents is 1. The maximum Gasteiger partial charge on any atom is 0.326 e. The van der Waals surface area contributed by atoms with E-state index in [1.807, 2.05) is 0 Å². The van der Waals surface area contributed by atoms with Gasteiger partial charge in [-0.15, -0.1) is 0 Å². The van der Waals surface area contributed by atoms with Crippen LogP contribution in [0.2, 0.25) is 0 Å². The molecular weight excluding hydrogens is 498 g/mol. The molecule has 10 N–H and O–H groups in total. The van der Waals surface area contributed by atoms with Crippen LogP contribution >= 0.6 is 12.6 Å². The van der Waals surface area contributed by atoms with E-state index in [9.17, 15) is 39.0 Å². The molecule has 1 aromatic carbocycles. The number of thiol groups is 1. The first-order chi connectivity index (χ1) is 16.8. The van der Waals surface area contributed by atoms with Gasteiger partial charge in [-0.2, -0.15) is 12.6 Å². The van der Waals surface area contributed by atoms with Crippen molar-refractivity contribution in [3.8, 4) is 5.75 Å². The third kappa shape index (κ3) is 10.6. The molecule has 0 saturated heterocycles. The highest BCUT2D eigenvalue weighted by molar-refractivity contribution is 7.80. The Morgan fingerprint density at radius 3 is 1.89 bits per heavy atom. The van der Waals surface area contributed by atoms with Crippen LogP contribution in [0.5, 0.6) is 5.75 Å². The number of nitrogens with one attached hydrogen (secondary N) is 3. The number of hydrogen-bond donors (Lipinski definition) is 9. The number of carboxylic acid groups (broad SMARTS) is 2. The number of aromatic hydroxyl groups is 1. The summed E-state index contributed by atoms with van der Waals surface area (Å²) in [5.74, 6) is -6.53. The zero-order valence-electron chi connectivity index (χ0n) is 19.0. The lowest BCUT2D eigenvalue weighted by atomic mass is 10.0. The second kappa shape index (κ2) is 14.5. The number of carbonyl (C=O) groups is 6. The van der Waals surface area contributed by atoms with Crippen LogP contribution in [0, 0.1) is 0 Å². The Hall–Kier alpha value is -3.85. The van der Waals surface area contributed by atoms with Crippen LogP contribution in [0.25, 0.3) is 0 Å². The van der Waals surface area contributed by atoms with E-state index >= 15 is 0 Å². The number of carbonyl (C=O) groups excluding carboxylic acids is 4. The van der Waals surface area contributed by atoms with Crippen LogP contribution in [0.3, 0.4) is 0 Å².